The number of benzene rings is 1. The normalized spacial score (nSPS) is 19.7. The number of alkyl halides is 1. The van der Waals surface area contributed by atoms with Gasteiger partial charge in [0.2, 0.25) is 0 Å². The quantitative estimate of drug-likeness (QED) is 0.589. The minimum Gasteiger partial charge on any atom is -0.286 e. The summed E-state index contributed by atoms with van der Waals surface area (Å²) in [4.78, 5) is 3.35. The molecule has 0 fully saturated rings. The van der Waals surface area contributed by atoms with E-state index in [4.69, 9.17) is 16.9 Å². The molecule has 0 N–H and O–H groups in total. The Kier molecular flexibility index (Phi) is 3.03. The molecule has 4 heteroatoms. The fourth-order valence-electron chi connectivity index (χ4n) is 2.58. The van der Waals surface area contributed by atoms with Crippen LogP contribution >= 0.6 is 22.9 Å². The highest BCUT2D eigenvalue weighted by Crippen LogP contribution is 2.38. The number of nitriles is 1. The summed E-state index contributed by atoms with van der Waals surface area (Å²) in [6.45, 7) is 0.836. The summed E-state index contributed by atoms with van der Waals surface area (Å²) >= 11 is 8.14. The molecular formula is C14H13ClN2S. The summed E-state index contributed by atoms with van der Waals surface area (Å²) in [6, 6.07) is 8.65. The minimum absolute atomic E-state index is 0.0305. The van der Waals surface area contributed by atoms with Crippen LogP contribution in [0.3, 0.4) is 0 Å². The van der Waals surface area contributed by atoms with Crippen molar-refractivity contribution in [2.75, 3.05) is 7.05 Å². The third kappa shape index (κ3) is 1.81. The van der Waals surface area contributed by atoms with Crippen molar-refractivity contribution in [1.82, 2.24) is 4.90 Å². The molecule has 0 bridgehead atoms. The molecule has 0 saturated heterocycles. The third-order valence-electron chi connectivity index (χ3n) is 3.50. The van der Waals surface area contributed by atoms with Crippen LogP contribution in [-0.2, 0) is 19.4 Å². The van der Waals surface area contributed by atoms with Crippen LogP contribution in [0.2, 0.25) is 0 Å². The zero-order chi connectivity index (χ0) is 12.7. The number of thiophene rings is 1. The summed E-state index contributed by atoms with van der Waals surface area (Å²) in [5, 5.41) is 10.3. The van der Waals surface area contributed by atoms with Crippen molar-refractivity contribution in [1.29, 1.82) is 5.26 Å². The lowest BCUT2D eigenvalue weighted by molar-refractivity contribution is 0.303. The second-order valence-corrected chi connectivity index (χ2v) is 6.32. The molecule has 1 aliphatic rings. The number of rotatable bonds is 1. The lowest BCUT2D eigenvalue weighted by atomic mass is 10.0. The molecule has 0 aliphatic carbocycles. The molecule has 0 spiro atoms. The summed E-state index contributed by atoms with van der Waals surface area (Å²) < 4.78 is 1.28. The first-order valence-corrected chi connectivity index (χ1v) is 7.19. The van der Waals surface area contributed by atoms with Crippen LogP contribution < -0.4 is 0 Å². The Labute approximate surface area is 115 Å². The summed E-state index contributed by atoms with van der Waals surface area (Å²) in [5.41, 5.74) is 2.65. The molecule has 0 amide bonds. The van der Waals surface area contributed by atoms with Crippen LogP contribution in [0.1, 0.15) is 16.0 Å². The maximum Gasteiger partial charge on any atom is 0.0891 e. The van der Waals surface area contributed by atoms with E-state index in [0.717, 1.165) is 13.0 Å². The van der Waals surface area contributed by atoms with Gasteiger partial charge in [-0.25, -0.2) is 0 Å². The van der Waals surface area contributed by atoms with Gasteiger partial charge in [0, 0.05) is 27.9 Å². The number of nitrogens with zero attached hydrogens (tertiary/aromatic N) is 2. The van der Waals surface area contributed by atoms with Gasteiger partial charge in [-0.3, -0.25) is 4.90 Å². The highest BCUT2D eigenvalue weighted by atomic mass is 35.5. The molecular weight excluding hydrogens is 264 g/mol. The monoisotopic (exact) mass is 276 g/mol. The Hall–Kier alpha value is -1.08. The number of hydrogen-bond donors (Lipinski definition) is 0. The average Bonchev–Trinajstić information content (AvgIpc) is 2.62. The zero-order valence-corrected chi connectivity index (χ0v) is 11.7. The van der Waals surface area contributed by atoms with Gasteiger partial charge in [-0.05, 0) is 24.2 Å². The SMILES string of the molecule is CN1Cc2c(CC#N)sc3cccc(c23)CC1Cl. The maximum absolute atomic E-state index is 8.96. The smallest absolute Gasteiger partial charge is 0.0891 e. The molecule has 2 aromatic rings. The van der Waals surface area contributed by atoms with Gasteiger partial charge in [0.25, 0.3) is 0 Å². The van der Waals surface area contributed by atoms with Crippen molar-refractivity contribution in [3.05, 3.63) is 34.2 Å². The number of halogens is 1. The van der Waals surface area contributed by atoms with Gasteiger partial charge in [0.05, 0.1) is 18.0 Å². The van der Waals surface area contributed by atoms with Crippen LogP contribution in [-0.4, -0.2) is 17.4 Å². The molecule has 18 heavy (non-hydrogen) atoms. The molecule has 1 unspecified atom stereocenters. The summed E-state index contributed by atoms with van der Waals surface area (Å²) in [6.07, 6.45) is 1.36. The van der Waals surface area contributed by atoms with Crippen LogP contribution in [0, 0.1) is 11.3 Å². The van der Waals surface area contributed by atoms with Gasteiger partial charge >= 0.3 is 0 Å². The first kappa shape index (κ1) is 12.0. The van der Waals surface area contributed by atoms with Crippen molar-refractivity contribution in [2.45, 2.75) is 24.9 Å². The molecule has 1 atom stereocenters. The fourth-order valence-corrected chi connectivity index (χ4v) is 4.01. The Bertz CT molecular complexity index is 641. The predicted octanol–water partition coefficient (Wildman–Crippen LogP) is 3.52. The van der Waals surface area contributed by atoms with Crippen LogP contribution in [0.5, 0.6) is 0 Å². The fraction of sp³-hybridized carbons (Fsp3) is 0.357. The minimum atomic E-state index is 0.0305. The number of likely N-dealkylation sites (N-methyl/N-ethyl adjacent to an activating group) is 1. The van der Waals surface area contributed by atoms with Crippen molar-refractivity contribution < 1.29 is 0 Å². The Morgan fingerprint density at radius 3 is 3.17 bits per heavy atom. The zero-order valence-electron chi connectivity index (χ0n) is 10.1. The lowest BCUT2D eigenvalue weighted by Gasteiger charge is -2.20. The second-order valence-electron chi connectivity index (χ2n) is 4.68. The van der Waals surface area contributed by atoms with E-state index in [1.54, 1.807) is 11.3 Å². The summed E-state index contributed by atoms with van der Waals surface area (Å²) in [5.74, 6) is 0. The highest BCUT2D eigenvalue weighted by Gasteiger charge is 2.24. The van der Waals surface area contributed by atoms with E-state index in [-0.39, 0.29) is 5.50 Å². The molecule has 2 nitrogen and oxygen atoms in total. The van der Waals surface area contributed by atoms with E-state index in [1.165, 1.54) is 26.1 Å². The number of hydrogen-bond acceptors (Lipinski definition) is 3. The first-order valence-electron chi connectivity index (χ1n) is 5.94. The largest absolute Gasteiger partial charge is 0.286 e. The predicted molar refractivity (Wildman–Crippen MR) is 76.0 cm³/mol. The first-order chi connectivity index (χ1) is 8.70. The lowest BCUT2D eigenvalue weighted by Crippen LogP contribution is -2.26. The topological polar surface area (TPSA) is 27.0 Å². The van der Waals surface area contributed by atoms with Gasteiger partial charge in [-0.1, -0.05) is 12.1 Å². The van der Waals surface area contributed by atoms with E-state index >= 15 is 0 Å². The van der Waals surface area contributed by atoms with E-state index in [0.29, 0.717) is 6.42 Å². The Morgan fingerprint density at radius 1 is 1.56 bits per heavy atom. The van der Waals surface area contributed by atoms with Crippen LogP contribution in [0.15, 0.2) is 18.2 Å². The summed E-state index contributed by atoms with van der Waals surface area (Å²) in [7, 11) is 2.04. The van der Waals surface area contributed by atoms with E-state index in [2.05, 4.69) is 29.2 Å². The molecule has 1 aromatic heterocycles. The Morgan fingerprint density at radius 2 is 2.39 bits per heavy atom. The van der Waals surface area contributed by atoms with Crippen molar-refractivity contribution in [2.24, 2.45) is 0 Å². The Balaban J connectivity index is 2.26. The van der Waals surface area contributed by atoms with Crippen molar-refractivity contribution in [3.63, 3.8) is 0 Å². The third-order valence-corrected chi connectivity index (χ3v) is 5.18. The van der Waals surface area contributed by atoms with Crippen LogP contribution in [0.25, 0.3) is 10.1 Å². The molecule has 92 valence electrons. The van der Waals surface area contributed by atoms with E-state index < -0.39 is 0 Å². The molecule has 1 aromatic carbocycles. The molecule has 0 saturated carbocycles. The molecule has 3 rings (SSSR count). The second kappa shape index (κ2) is 4.55. The van der Waals surface area contributed by atoms with Crippen molar-refractivity contribution >= 4 is 33.0 Å². The molecule has 1 aliphatic heterocycles. The van der Waals surface area contributed by atoms with E-state index in [9.17, 15) is 0 Å². The highest BCUT2D eigenvalue weighted by molar-refractivity contribution is 7.19. The van der Waals surface area contributed by atoms with Crippen LogP contribution in [0.4, 0.5) is 0 Å². The van der Waals surface area contributed by atoms with Gasteiger partial charge in [-0.15, -0.1) is 22.9 Å². The van der Waals surface area contributed by atoms with E-state index in [1.807, 2.05) is 7.05 Å². The van der Waals surface area contributed by atoms with Gasteiger partial charge in [-0.2, -0.15) is 5.26 Å². The van der Waals surface area contributed by atoms with Crippen molar-refractivity contribution in [3.8, 4) is 6.07 Å². The molecule has 0 radical (unpaired) electrons. The van der Waals surface area contributed by atoms with Gasteiger partial charge in [0.15, 0.2) is 0 Å². The van der Waals surface area contributed by atoms with Gasteiger partial charge < -0.3 is 0 Å². The average molecular weight is 277 g/mol. The molecule has 2 heterocycles. The maximum atomic E-state index is 8.96. The standard InChI is InChI=1S/C14H13ClN2S/c1-17-8-10-11(5-6-16)18-12-4-2-3-9(14(10)12)7-13(17)15/h2-4,13H,5,7-8H2,1H3. The van der Waals surface area contributed by atoms with Gasteiger partial charge in [0.1, 0.15) is 0 Å².